The van der Waals surface area contributed by atoms with Crippen molar-refractivity contribution >= 4 is 5.97 Å². The standard InChI is InChI=1S/C12H20N2O4/c1-8(17-4)5-9-13-10(18-14-9)6-12(2,3)7-11(15)16/h8H,5-7H2,1-4H3,(H,15,16). The Balaban J connectivity index is 2.60. The molecule has 6 heteroatoms. The van der Waals surface area contributed by atoms with E-state index in [1.807, 2.05) is 20.8 Å². The van der Waals surface area contributed by atoms with E-state index in [-0.39, 0.29) is 12.5 Å². The van der Waals surface area contributed by atoms with E-state index in [9.17, 15) is 4.79 Å². The average Bonchev–Trinajstić information content (AvgIpc) is 2.62. The minimum Gasteiger partial charge on any atom is -0.481 e. The molecule has 6 nitrogen and oxygen atoms in total. The van der Waals surface area contributed by atoms with Gasteiger partial charge in [0, 0.05) is 20.0 Å². The van der Waals surface area contributed by atoms with Crippen LogP contribution in [0.5, 0.6) is 0 Å². The summed E-state index contributed by atoms with van der Waals surface area (Å²) in [4.78, 5) is 15.0. The van der Waals surface area contributed by atoms with Crippen LogP contribution in [0.3, 0.4) is 0 Å². The number of aromatic nitrogens is 2. The van der Waals surface area contributed by atoms with Crippen molar-refractivity contribution in [2.24, 2.45) is 5.41 Å². The predicted molar refractivity (Wildman–Crippen MR) is 64.2 cm³/mol. The first-order valence-corrected chi connectivity index (χ1v) is 5.88. The molecule has 102 valence electrons. The number of aliphatic carboxylic acids is 1. The number of carboxylic acid groups (broad SMARTS) is 1. The highest BCUT2D eigenvalue weighted by atomic mass is 16.5. The molecule has 1 atom stereocenters. The Bertz CT molecular complexity index is 401. The topological polar surface area (TPSA) is 85.5 Å². The van der Waals surface area contributed by atoms with Gasteiger partial charge in [-0.1, -0.05) is 19.0 Å². The summed E-state index contributed by atoms with van der Waals surface area (Å²) in [6, 6.07) is 0. The molecule has 0 spiro atoms. The lowest BCUT2D eigenvalue weighted by atomic mass is 9.86. The van der Waals surface area contributed by atoms with Crippen molar-refractivity contribution in [3.8, 4) is 0 Å². The summed E-state index contributed by atoms with van der Waals surface area (Å²) in [5.74, 6) is 0.234. The van der Waals surface area contributed by atoms with Crippen LogP contribution in [0.25, 0.3) is 0 Å². The van der Waals surface area contributed by atoms with Crippen molar-refractivity contribution in [2.45, 2.75) is 46.1 Å². The molecule has 1 rings (SSSR count). The predicted octanol–water partition coefficient (Wildman–Crippen LogP) is 1.69. The van der Waals surface area contributed by atoms with Gasteiger partial charge in [-0.2, -0.15) is 4.98 Å². The van der Waals surface area contributed by atoms with Gasteiger partial charge in [-0.05, 0) is 12.3 Å². The molecule has 1 unspecified atom stereocenters. The van der Waals surface area contributed by atoms with Gasteiger partial charge in [-0.25, -0.2) is 0 Å². The number of carbonyl (C=O) groups is 1. The van der Waals surface area contributed by atoms with Crippen LogP contribution in [0.2, 0.25) is 0 Å². The fourth-order valence-corrected chi connectivity index (χ4v) is 1.67. The van der Waals surface area contributed by atoms with Gasteiger partial charge < -0.3 is 14.4 Å². The summed E-state index contributed by atoms with van der Waals surface area (Å²) in [6.45, 7) is 5.65. The fourth-order valence-electron chi connectivity index (χ4n) is 1.67. The monoisotopic (exact) mass is 256 g/mol. The molecule has 0 saturated carbocycles. The smallest absolute Gasteiger partial charge is 0.303 e. The third-order valence-corrected chi connectivity index (χ3v) is 2.64. The van der Waals surface area contributed by atoms with Crippen LogP contribution in [-0.4, -0.2) is 34.4 Å². The number of hydrogen-bond acceptors (Lipinski definition) is 5. The van der Waals surface area contributed by atoms with E-state index in [1.165, 1.54) is 0 Å². The van der Waals surface area contributed by atoms with Gasteiger partial charge >= 0.3 is 5.97 Å². The number of carboxylic acids is 1. The van der Waals surface area contributed by atoms with E-state index < -0.39 is 11.4 Å². The van der Waals surface area contributed by atoms with Gasteiger partial charge in [0.25, 0.3) is 0 Å². The molecule has 1 heterocycles. The molecule has 1 aromatic rings. The summed E-state index contributed by atoms with van der Waals surface area (Å²) < 4.78 is 10.2. The molecule has 0 aromatic carbocycles. The number of rotatable bonds is 7. The fraction of sp³-hybridized carbons (Fsp3) is 0.750. The Morgan fingerprint density at radius 1 is 1.56 bits per heavy atom. The zero-order valence-corrected chi connectivity index (χ0v) is 11.3. The van der Waals surface area contributed by atoms with Crippen molar-refractivity contribution < 1.29 is 19.2 Å². The van der Waals surface area contributed by atoms with Gasteiger partial charge in [-0.15, -0.1) is 0 Å². The number of hydrogen-bond donors (Lipinski definition) is 1. The lowest BCUT2D eigenvalue weighted by molar-refractivity contribution is -0.139. The Morgan fingerprint density at radius 2 is 2.22 bits per heavy atom. The molecule has 0 aliphatic heterocycles. The van der Waals surface area contributed by atoms with Crippen molar-refractivity contribution in [1.82, 2.24) is 10.1 Å². The maximum Gasteiger partial charge on any atom is 0.303 e. The highest BCUT2D eigenvalue weighted by Crippen LogP contribution is 2.25. The SMILES string of the molecule is COC(C)Cc1noc(CC(C)(C)CC(=O)O)n1. The van der Waals surface area contributed by atoms with E-state index in [0.29, 0.717) is 24.6 Å². The summed E-state index contributed by atoms with van der Waals surface area (Å²) in [6.07, 6.45) is 1.13. The molecule has 0 radical (unpaired) electrons. The molecule has 1 aromatic heterocycles. The molecule has 0 aliphatic rings. The third-order valence-electron chi connectivity index (χ3n) is 2.64. The van der Waals surface area contributed by atoms with Crippen molar-refractivity contribution in [1.29, 1.82) is 0 Å². The van der Waals surface area contributed by atoms with Crippen molar-refractivity contribution in [3.05, 3.63) is 11.7 Å². The molecule has 0 fully saturated rings. The van der Waals surface area contributed by atoms with Gasteiger partial charge in [0.2, 0.25) is 5.89 Å². The van der Waals surface area contributed by atoms with Gasteiger partial charge in [0.1, 0.15) is 0 Å². The summed E-state index contributed by atoms with van der Waals surface area (Å²) in [7, 11) is 1.63. The minimum atomic E-state index is -0.826. The molecule has 0 bridgehead atoms. The second-order valence-electron chi connectivity index (χ2n) is 5.27. The van der Waals surface area contributed by atoms with E-state index >= 15 is 0 Å². The van der Waals surface area contributed by atoms with Crippen molar-refractivity contribution in [2.75, 3.05) is 7.11 Å². The van der Waals surface area contributed by atoms with Crippen LogP contribution in [0.1, 0.15) is 38.9 Å². The Kier molecular flexibility index (Phi) is 4.84. The highest BCUT2D eigenvalue weighted by Gasteiger charge is 2.25. The molecule has 0 amide bonds. The van der Waals surface area contributed by atoms with E-state index in [1.54, 1.807) is 7.11 Å². The molecule has 1 N–H and O–H groups in total. The first-order chi connectivity index (χ1) is 8.32. The van der Waals surface area contributed by atoms with Crippen LogP contribution in [0.4, 0.5) is 0 Å². The second kappa shape index (κ2) is 5.95. The normalized spacial score (nSPS) is 13.6. The van der Waals surface area contributed by atoms with Crippen LogP contribution in [-0.2, 0) is 22.4 Å². The lowest BCUT2D eigenvalue weighted by Gasteiger charge is -2.19. The molecular formula is C12H20N2O4. The second-order valence-corrected chi connectivity index (χ2v) is 5.27. The molecule has 0 aliphatic carbocycles. The van der Waals surface area contributed by atoms with E-state index in [2.05, 4.69) is 10.1 Å². The summed E-state index contributed by atoms with van der Waals surface area (Å²) in [5.41, 5.74) is -0.400. The maximum absolute atomic E-state index is 10.7. The molecule has 0 saturated heterocycles. The minimum absolute atomic E-state index is 0.0301. The number of ether oxygens (including phenoxy) is 1. The Hall–Kier alpha value is -1.43. The van der Waals surface area contributed by atoms with Gasteiger partial charge in [0.05, 0.1) is 12.5 Å². The van der Waals surface area contributed by atoms with Gasteiger partial charge in [-0.3, -0.25) is 4.79 Å². The molecule has 18 heavy (non-hydrogen) atoms. The van der Waals surface area contributed by atoms with Crippen LogP contribution >= 0.6 is 0 Å². The van der Waals surface area contributed by atoms with Crippen LogP contribution < -0.4 is 0 Å². The number of nitrogens with zero attached hydrogens (tertiary/aromatic N) is 2. The van der Waals surface area contributed by atoms with Gasteiger partial charge in [0.15, 0.2) is 5.82 Å². The van der Waals surface area contributed by atoms with E-state index in [0.717, 1.165) is 0 Å². The Morgan fingerprint density at radius 3 is 2.78 bits per heavy atom. The first-order valence-electron chi connectivity index (χ1n) is 5.88. The van der Waals surface area contributed by atoms with Crippen molar-refractivity contribution in [3.63, 3.8) is 0 Å². The highest BCUT2D eigenvalue weighted by molar-refractivity contribution is 5.67. The zero-order valence-electron chi connectivity index (χ0n) is 11.3. The van der Waals surface area contributed by atoms with Crippen LogP contribution in [0.15, 0.2) is 4.52 Å². The average molecular weight is 256 g/mol. The van der Waals surface area contributed by atoms with E-state index in [4.69, 9.17) is 14.4 Å². The number of methoxy groups -OCH3 is 1. The largest absolute Gasteiger partial charge is 0.481 e. The quantitative estimate of drug-likeness (QED) is 0.799. The zero-order chi connectivity index (χ0) is 13.8. The lowest BCUT2D eigenvalue weighted by Crippen LogP contribution is -2.20. The summed E-state index contributed by atoms with van der Waals surface area (Å²) in [5, 5.41) is 12.7. The first kappa shape index (κ1) is 14.6. The summed E-state index contributed by atoms with van der Waals surface area (Å²) >= 11 is 0. The third kappa shape index (κ3) is 4.83. The maximum atomic E-state index is 10.7. The Labute approximate surface area is 106 Å². The van der Waals surface area contributed by atoms with Crippen LogP contribution in [0, 0.1) is 5.41 Å². The molecular weight excluding hydrogens is 236 g/mol.